The summed E-state index contributed by atoms with van der Waals surface area (Å²) < 4.78 is 5.37. The number of para-hydroxylation sites is 1. The van der Waals surface area contributed by atoms with Crippen molar-refractivity contribution >= 4 is 46.0 Å². The predicted molar refractivity (Wildman–Crippen MR) is 101 cm³/mol. The number of halogens is 1. The monoisotopic (exact) mass is 347 g/mol. The highest BCUT2D eigenvalue weighted by atomic mass is 35.5. The highest BCUT2D eigenvalue weighted by Gasteiger charge is 2.14. The molecule has 4 nitrogen and oxygen atoms in total. The van der Waals surface area contributed by atoms with Crippen molar-refractivity contribution in [1.29, 1.82) is 0 Å². The molecule has 0 unspecified atom stereocenters. The molecule has 6 heteroatoms. The Morgan fingerprint density at radius 2 is 1.70 bits per heavy atom. The van der Waals surface area contributed by atoms with Crippen molar-refractivity contribution in [2.75, 3.05) is 41.8 Å². The molecule has 2 aromatic carbocycles. The van der Waals surface area contributed by atoms with E-state index < -0.39 is 0 Å². The van der Waals surface area contributed by atoms with Gasteiger partial charge < -0.3 is 20.3 Å². The second-order valence-electron chi connectivity index (χ2n) is 5.21. The van der Waals surface area contributed by atoms with Crippen LogP contribution in [0.15, 0.2) is 48.5 Å². The fraction of sp³-hybridized carbons (Fsp3) is 0.235. The maximum atomic E-state index is 6.42. The first-order valence-electron chi connectivity index (χ1n) is 7.48. The van der Waals surface area contributed by atoms with Gasteiger partial charge >= 0.3 is 0 Å². The highest BCUT2D eigenvalue weighted by molar-refractivity contribution is 7.80. The van der Waals surface area contributed by atoms with Crippen molar-refractivity contribution in [2.24, 2.45) is 0 Å². The number of anilines is 3. The number of nitrogens with zero attached hydrogens (tertiary/aromatic N) is 1. The summed E-state index contributed by atoms with van der Waals surface area (Å²) in [4.78, 5) is 2.23. The van der Waals surface area contributed by atoms with E-state index in [1.165, 1.54) is 0 Å². The van der Waals surface area contributed by atoms with Crippen molar-refractivity contribution in [2.45, 2.75) is 0 Å². The molecule has 0 aliphatic carbocycles. The minimum Gasteiger partial charge on any atom is -0.378 e. The molecule has 1 aliphatic rings. The second kappa shape index (κ2) is 7.64. The third kappa shape index (κ3) is 4.34. The first kappa shape index (κ1) is 16.1. The first-order valence-corrected chi connectivity index (χ1v) is 8.26. The smallest absolute Gasteiger partial charge is 0.175 e. The summed E-state index contributed by atoms with van der Waals surface area (Å²) >= 11 is 11.7. The lowest BCUT2D eigenvalue weighted by molar-refractivity contribution is 0.122. The Balaban J connectivity index is 1.64. The standard InChI is InChI=1S/C17H18ClN3OS/c18-15-12-14(6-7-16(15)21-8-10-22-11-9-21)20-17(23)19-13-4-2-1-3-5-13/h1-7,12H,8-11H2,(H2,19,20,23). The van der Waals surface area contributed by atoms with Crippen LogP contribution in [0.25, 0.3) is 0 Å². The summed E-state index contributed by atoms with van der Waals surface area (Å²) in [6.07, 6.45) is 0. The van der Waals surface area contributed by atoms with Crippen LogP contribution in [0.2, 0.25) is 5.02 Å². The van der Waals surface area contributed by atoms with Crippen LogP contribution in [0, 0.1) is 0 Å². The van der Waals surface area contributed by atoms with E-state index in [-0.39, 0.29) is 0 Å². The summed E-state index contributed by atoms with van der Waals surface area (Å²) in [5.41, 5.74) is 2.84. The summed E-state index contributed by atoms with van der Waals surface area (Å²) in [7, 11) is 0. The fourth-order valence-electron chi connectivity index (χ4n) is 2.46. The Labute approximate surface area is 146 Å². The molecular weight excluding hydrogens is 330 g/mol. The van der Waals surface area contributed by atoms with Crippen LogP contribution in [-0.2, 0) is 4.74 Å². The Kier molecular flexibility index (Phi) is 5.33. The van der Waals surface area contributed by atoms with Crippen LogP contribution in [0.5, 0.6) is 0 Å². The molecule has 0 aromatic heterocycles. The van der Waals surface area contributed by atoms with Gasteiger partial charge in [-0.1, -0.05) is 29.8 Å². The first-order chi connectivity index (χ1) is 11.2. The van der Waals surface area contributed by atoms with Gasteiger partial charge in [0.25, 0.3) is 0 Å². The molecule has 3 rings (SSSR count). The maximum absolute atomic E-state index is 6.42. The third-order valence-corrected chi connectivity index (χ3v) is 4.10. The van der Waals surface area contributed by atoms with Gasteiger partial charge in [-0.2, -0.15) is 0 Å². The average molecular weight is 348 g/mol. The van der Waals surface area contributed by atoms with E-state index in [2.05, 4.69) is 15.5 Å². The number of hydrogen-bond donors (Lipinski definition) is 2. The highest BCUT2D eigenvalue weighted by Crippen LogP contribution is 2.29. The Morgan fingerprint density at radius 3 is 2.39 bits per heavy atom. The zero-order chi connectivity index (χ0) is 16.1. The number of hydrogen-bond acceptors (Lipinski definition) is 3. The van der Waals surface area contributed by atoms with Crippen LogP contribution in [0.1, 0.15) is 0 Å². The number of nitrogens with one attached hydrogen (secondary N) is 2. The van der Waals surface area contributed by atoms with E-state index in [4.69, 9.17) is 28.6 Å². The van der Waals surface area contributed by atoms with Gasteiger partial charge in [0.15, 0.2) is 5.11 Å². The number of morpholine rings is 1. The van der Waals surface area contributed by atoms with Crippen LogP contribution < -0.4 is 15.5 Å². The van der Waals surface area contributed by atoms with Gasteiger partial charge in [-0.15, -0.1) is 0 Å². The van der Waals surface area contributed by atoms with E-state index in [9.17, 15) is 0 Å². The normalized spacial score (nSPS) is 14.4. The minimum atomic E-state index is 0.534. The van der Waals surface area contributed by atoms with Gasteiger partial charge in [0.05, 0.1) is 23.9 Å². The fourth-order valence-corrected chi connectivity index (χ4v) is 3.00. The quantitative estimate of drug-likeness (QED) is 0.821. The largest absolute Gasteiger partial charge is 0.378 e. The van der Waals surface area contributed by atoms with Crippen LogP contribution in [0.3, 0.4) is 0 Å². The molecule has 0 radical (unpaired) electrons. The van der Waals surface area contributed by atoms with Gasteiger partial charge in [-0.3, -0.25) is 0 Å². The molecule has 23 heavy (non-hydrogen) atoms. The van der Waals surface area contributed by atoms with Crippen molar-refractivity contribution in [1.82, 2.24) is 0 Å². The van der Waals surface area contributed by atoms with E-state index in [0.717, 1.165) is 43.4 Å². The number of benzene rings is 2. The van der Waals surface area contributed by atoms with E-state index in [1.54, 1.807) is 0 Å². The van der Waals surface area contributed by atoms with Crippen LogP contribution in [-0.4, -0.2) is 31.4 Å². The maximum Gasteiger partial charge on any atom is 0.175 e. The van der Waals surface area contributed by atoms with E-state index >= 15 is 0 Å². The minimum absolute atomic E-state index is 0.534. The summed E-state index contributed by atoms with van der Waals surface area (Å²) in [6.45, 7) is 3.20. The molecule has 0 saturated carbocycles. The molecule has 1 heterocycles. The molecule has 0 spiro atoms. The molecule has 1 fully saturated rings. The molecule has 2 aromatic rings. The van der Waals surface area contributed by atoms with Gasteiger partial charge in [0.1, 0.15) is 0 Å². The molecule has 1 saturated heterocycles. The van der Waals surface area contributed by atoms with E-state index in [0.29, 0.717) is 10.1 Å². The lowest BCUT2D eigenvalue weighted by atomic mass is 10.2. The van der Waals surface area contributed by atoms with Crippen LogP contribution >= 0.6 is 23.8 Å². The van der Waals surface area contributed by atoms with Gasteiger partial charge in [0, 0.05) is 24.5 Å². The summed E-state index contributed by atoms with van der Waals surface area (Å²) in [5.74, 6) is 0. The number of ether oxygens (including phenoxy) is 1. The lowest BCUT2D eigenvalue weighted by Gasteiger charge is -2.29. The van der Waals surface area contributed by atoms with Crippen molar-refractivity contribution < 1.29 is 4.74 Å². The second-order valence-corrected chi connectivity index (χ2v) is 6.03. The number of thiocarbonyl (C=S) groups is 1. The third-order valence-electron chi connectivity index (χ3n) is 3.59. The van der Waals surface area contributed by atoms with E-state index in [1.807, 2.05) is 48.5 Å². The SMILES string of the molecule is S=C(Nc1ccccc1)Nc1ccc(N2CCOCC2)c(Cl)c1. The van der Waals surface area contributed by atoms with Gasteiger partial charge in [0.2, 0.25) is 0 Å². The van der Waals surface area contributed by atoms with Crippen molar-refractivity contribution in [3.05, 3.63) is 53.6 Å². The van der Waals surface area contributed by atoms with Crippen LogP contribution in [0.4, 0.5) is 17.1 Å². The van der Waals surface area contributed by atoms with Crippen molar-refractivity contribution in [3.63, 3.8) is 0 Å². The lowest BCUT2D eigenvalue weighted by Crippen LogP contribution is -2.36. The molecule has 0 bridgehead atoms. The van der Waals surface area contributed by atoms with Gasteiger partial charge in [-0.05, 0) is 42.5 Å². The zero-order valence-corrected chi connectivity index (χ0v) is 14.2. The summed E-state index contributed by atoms with van der Waals surface area (Å²) in [6, 6.07) is 15.7. The molecular formula is C17H18ClN3OS. The Hall–Kier alpha value is -1.82. The topological polar surface area (TPSA) is 36.5 Å². The van der Waals surface area contributed by atoms with Gasteiger partial charge in [-0.25, -0.2) is 0 Å². The Morgan fingerprint density at radius 1 is 1.00 bits per heavy atom. The Bertz CT molecular complexity index is 675. The van der Waals surface area contributed by atoms with Crippen molar-refractivity contribution in [3.8, 4) is 0 Å². The molecule has 0 atom stereocenters. The molecule has 2 N–H and O–H groups in total. The average Bonchev–Trinajstić information content (AvgIpc) is 2.56. The predicted octanol–water partition coefficient (Wildman–Crippen LogP) is 3.99. The molecule has 120 valence electrons. The summed E-state index contributed by atoms with van der Waals surface area (Å²) in [5, 5.41) is 7.53. The number of rotatable bonds is 3. The molecule has 1 aliphatic heterocycles. The molecule has 0 amide bonds. The zero-order valence-electron chi connectivity index (χ0n) is 12.6.